The molecule has 0 radical (unpaired) electrons. The molecular weight excluding hydrogens is 385 g/mol. The molecular formula is C16H23Cl2N3O3S. The standard InChI is InChI=1S/C16H23Cl2N3O3S/c1-11-7-12(2)9-21(8-11)25(23,24)20(3)10-15(22)19-16-13(17)5-4-6-14(16)18/h4-6,11-12H,7-10H2,1-3H3,(H,19,22)/t11-,12+. The summed E-state index contributed by atoms with van der Waals surface area (Å²) < 4.78 is 27.9. The Kier molecular flexibility index (Phi) is 6.73. The first-order valence-electron chi connectivity index (χ1n) is 8.06. The fraction of sp³-hybridized carbons (Fsp3) is 0.562. The Morgan fingerprint density at radius 1 is 1.24 bits per heavy atom. The zero-order valence-corrected chi connectivity index (χ0v) is 16.8. The quantitative estimate of drug-likeness (QED) is 0.814. The zero-order valence-electron chi connectivity index (χ0n) is 14.5. The van der Waals surface area contributed by atoms with E-state index in [-0.39, 0.29) is 12.2 Å². The molecule has 25 heavy (non-hydrogen) atoms. The predicted octanol–water partition coefficient (Wildman–Crippen LogP) is 3.09. The number of hydrogen-bond donors (Lipinski definition) is 1. The van der Waals surface area contributed by atoms with Gasteiger partial charge in [-0.25, -0.2) is 0 Å². The van der Waals surface area contributed by atoms with Gasteiger partial charge in [0.2, 0.25) is 5.91 Å². The second-order valence-corrected chi connectivity index (χ2v) is 9.52. The molecule has 0 spiro atoms. The number of nitrogens with one attached hydrogen (secondary N) is 1. The molecule has 1 N–H and O–H groups in total. The van der Waals surface area contributed by atoms with Crippen molar-refractivity contribution in [1.29, 1.82) is 0 Å². The molecule has 0 bridgehead atoms. The first-order chi connectivity index (χ1) is 11.6. The summed E-state index contributed by atoms with van der Waals surface area (Å²) >= 11 is 12.0. The van der Waals surface area contributed by atoms with Crippen molar-refractivity contribution < 1.29 is 13.2 Å². The minimum absolute atomic E-state index is 0.279. The molecule has 140 valence electrons. The lowest BCUT2D eigenvalue weighted by Gasteiger charge is -2.36. The summed E-state index contributed by atoms with van der Waals surface area (Å²) in [5.74, 6) is 0.0875. The average Bonchev–Trinajstić information content (AvgIpc) is 2.50. The van der Waals surface area contributed by atoms with E-state index in [9.17, 15) is 13.2 Å². The monoisotopic (exact) mass is 407 g/mol. The van der Waals surface area contributed by atoms with Crippen molar-refractivity contribution in [2.75, 3.05) is 32.0 Å². The number of carbonyl (C=O) groups excluding carboxylic acids is 1. The van der Waals surface area contributed by atoms with Crippen molar-refractivity contribution in [3.05, 3.63) is 28.2 Å². The third-order valence-electron chi connectivity index (χ3n) is 4.15. The third kappa shape index (κ3) is 5.08. The van der Waals surface area contributed by atoms with Gasteiger partial charge in [-0.2, -0.15) is 17.0 Å². The molecule has 0 saturated carbocycles. The molecule has 0 unspecified atom stereocenters. The fourth-order valence-corrected chi connectivity index (χ4v) is 5.12. The molecule has 1 amide bonds. The Labute approximate surface area is 159 Å². The summed E-state index contributed by atoms with van der Waals surface area (Å²) in [6, 6.07) is 4.86. The van der Waals surface area contributed by atoms with E-state index in [1.54, 1.807) is 18.2 Å². The first-order valence-corrected chi connectivity index (χ1v) is 10.2. The zero-order chi connectivity index (χ0) is 18.8. The molecule has 1 aromatic rings. The van der Waals surface area contributed by atoms with Crippen LogP contribution in [0.1, 0.15) is 20.3 Å². The maximum Gasteiger partial charge on any atom is 0.282 e. The number of carbonyl (C=O) groups is 1. The Morgan fingerprint density at radius 2 is 1.76 bits per heavy atom. The summed E-state index contributed by atoms with van der Waals surface area (Å²) in [4.78, 5) is 12.2. The van der Waals surface area contributed by atoms with Gasteiger partial charge >= 0.3 is 0 Å². The number of likely N-dealkylation sites (N-methyl/N-ethyl adjacent to an activating group) is 1. The van der Waals surface area contributed by atoms with Crippen LogP contribution in [0.25, 0.3) is 0 Å². The van der Waals surface area contributed by atoms with Gasteiger partial charge in [-0.3, -0.25) is 4.79 Å². The van der Waals surface area contributed by atoms with Gasteiger partial charge in [0.25, 0.3) is 10.2 Å². The highest BCUT2D eigenvalue weighted by Gasteiger charge is 2.33. The van der Waals surface area contributed by atoms with Crippen LogP contribution >= 0.6 is 23.2 Å². The van der Waals surface area contributed by atoms with Crippen molar-refractivity contribution in [1.82, 2.24) is 8.61 Å². The third-order valence-corrected chi connectivity index (χ3v) is 6.65. The largest absolute Gasteiger partial charge is 0.322 e. The van der Waals surface area contributed by atoms with Crippen LogP contribution in [-0.4, -0.2) is 49.6 Å². The van der Waals surface area contributed by atoms with E-state index in [0.29, 0.717) is 35.0 Å². The van der Waals surface area contributed by atoms with Crippen molar-refractivity contribution in [3.63, 3.8) is 0 Å². The van der Waals surface area contributed by atoms with Crippen LogP contribution in [0, 0.1) is 11.8 Å². The number of halogens is 2. The Bertz CT molecular complexity index is 712. The molecule has 1 aromatic carbocycles. The SMILES string of the molecule is C[C@@H]1C[C@H](C)CN(S(=O)(=O)N(C)CC(=O)Nc2c(Cl)cccc2Cl)C1. The highest BCUT2D eigenvalue weighted by atomic mass is 35.5. The number of nitrogens with zero attached hydrogens (tertiary/aromatic N) is 2. The van der Waals surface area contributed by atoms with Gasteiger partial charge in [-0.15, -0.1) is 0 Å². The number of benzene rings is 1. The molecule has 1 heterocycles. The maximum absolute atomic E-state index is 12.7. The summed E-state index contributed by atoms with van der Waals surface area (Å²) in [6.45, 7) is 4.68. The maximum atomic E-state index is 12.7. The normalized spacial score (nSPS) is 22.2. The number of hydrogen-bond acceptors (Lipinski definition) is 3. The van der Waals surface area contributed by atoms with Crippen molar-refractivity contribution in [3.8, 4) is 0 Å². The highest BCUT2D eigenvalue weighted by molar-refractivity contribution is 7.86. The highest BCUT2D eigenvalue weighted by Crippen LogP contribution is 2.30. The Morgan fingerprint density at radius 3 is 2.28 bits per heavy atom. The second kappa shape index (κ2) is 8.22. The predicted molar refractivity (Wildman–Crippen MR) is 101 cm³/mol. The van der Waals surface area contributed by atoms with Gasteiger partial charge in [-0.1, -0.05) is 43.1 Å². The van der Waals surface area contributed by atoms with Crippen LogP contribution in [0.15, 0.2) is 18.2 Å². The van der Waals surface area contributed by atoms with Gasteiger partial charge in [0.05, 0.1) is 22.3 Å². The van der Waals surface area contributed by atoms with Crippen molar-refractivity contribution >= 4 is 45.0 Å². The van der Waals surface area contributed by atoms with Crippen LogP contribution in [-0.2, 0) is 15.0 Å². The van der Waals surface area contributed by atoms with Gasteiger partial charge < -0.3 is 5.32 Å². The van der Waals surface area contributed by atoms with E-state index >= 15 is 0 Å². The van der Waals surface area contributed by atoms with Crippen LogP contribution < -0.4 is 5.32 Å². The average molecular weight is 408 g/mol. The molecule has 6 nitrogen and oxygen atoms in total. The Hall–Kier alpha value is -0.860. The minimum atomic E-state index is -3.70. The lowest BCUT2D eigenvalue weighted by atomic mass is 9.94. The van der Waals surface area contributed by atoms with Gasteiger partial charge in [0.15, 0.2) is 0 Å². The molecule has 2 atom stereocenters. The number of para-hydroxylation sites is 1. The van der Waals surface area contributed by atoms with Gasteiger partial charge in [0.1, 0.15) is 0 Å². The lowest BCUT2D eigenvalue weighted by molar-refractivity contribution is -0.116. The summed E-state index contributed by atoms with van der Waals surface area (Å²) in [6.07, 6.45) is 1.00. The molecule has 1 saturated heterocycles. The Balaban J connectivity index is 2.05. The first kappa shape index (κ1) is 20.5. The van der Waals surface area contributed by atoms with E-state index in [1.165, 1.54) is 11.4 Å². The van der Waals surface area contributed by atoms with Crippen LogP contribution in [0.2, 0.25) is 10.0 Å². The van der Waals surface area contributed by atoms with Crippen molar-refractivity contribution in [2.45, 2.75) is 20.3 Å². The molecule has 0 aliphatic carbocycles. The molecule has 1 fully saturated rings. The summed E-state index contributed by atoms with van der Waals surface area (Å²) in [5.41, 5.74) is 0.279. The number of piperidine rings is 1. The van der Waals surface area contributed by atoms with E-state index in [4.69, 9.17) is 23.2 Å². The van der Waals surface area contributed by atoms with Gasteiger partial charge in [0, 0.05) is 20.1 Å². The molecule has 1 aliphatic heterocycles. The second-order valence-electron chi connectivity index (χ2n) is 6.67. The summed E-state index contributed by atoms with van der Waals surface area (Å²) in [7, 11) is -2.30. The topological polar surface area (TPSA) is 69.7 Å². The molecule has 0 aromatic heterocycles. The minimum Gasteiger partial charge on any atom is -0.322 e. The van der Waals surface area contributed by atoms with E-state index in [1.807, 2.05) is 13.8 Å². The summed E-state index contributed by atoms with van der Waals surface area (Å²) in [5, 5.41) is 3.17. The van der Waals surface area contributed by atoms with Gasteiger partial charge in [-0.05, 0) is 30.4 Å². The van der Waals surface area contributed by atoms with Crippen molar-refractivity contribution in [2.24, 2.45) is 11.8 Å². The number of anilines is 1. The molecule has 1 aliphatic rings. The fourth-order valence-electron chi connectivity index (χ4n) is 3.07. The smallest absolute Gasteiger partial charge is 0.282 e. The van der Waals surface area contributed by atoms with Crippen LogP contribution in [0.5, 0.6) is 0 Å². The van der Waals surface area contributed by atoms with Crippen LogP contribution in [0.3, 0.4) is 0 Å². The van der Waals surface area contributed by atoms with E-state index in [0.717, 1.165) is 10.7 Å². The lowest BCUT2D eigenvalue weighted by Crippen LogP contribution is -2.49. The molecule has 2 rings (SSSR count). The molecule has 9 heteroatoms. The van der Waals surface area contributed by atoms with E-state index in [2.05, 4.69) is 5.32 Å². The number of rotatable bonds is 5. The number of amides is 1. The van der Waals surface area contributed by atoms with E-state index < -0.39 is 16.1 Å². The van der Waals surface area contributed by atoms with Crippen LogP contribution in [0.4, 0.5) is 5.69 Å².